The van der Waals surface area contributed by atoms with Gasteiger partial charge in [0, 0.05) is 55.9 Å². The van der Waals surface area contributed by atoms with E-state index in [0.29, 0.717) is 0 Å². The van der Waals surface area contributed by atoms with Gasteiger partial charge < -0.3 is 18.5 Å². The molecular formula is C63H59BN2O2. The van der Waals surface area contributed by atoms with E-state index in [4.69, 9.17) is 8.83 Å². The Morgan fingerprint density at radius 1 is 0.515 bits per heavy atom. The van der Waals surface area contributed by atoms with E-state index in [2.05, 4.69) is 219 Å². The summed E-state index contributed by atoms with van der Waals surface area (Å²) >= 11 is 0. The van der Waals surface area contributed by atoms with Crippen LogP contribution in [0.1, 0.15) is 110 Å². The molecule has 2 aliphatic heterocycles. The Morgan fingerprint density at radius 2 is 1.15 bits per heavy atom. The predicted octanol–water partition coefficient (Wildman–Crippen LogP) is 16.6. The van der Waals surface area contributed by atoms with Gasteiger partial charge in [-0.25, -0.2) is 0 Å². The van der Waals surface area contributed by atoms with Crippen LogP contribution in [-0.4, -0.2) is 6.85 Å². The standard InChI is InChI=1S/C63H59BN2O2/c1-36-28-40(61(5,6)7)22-25-51(36)65-53-35-56-45(44-32-48-49(34-55(44)67-56)63(10,11)27-26-62(48,8)9)33-50(53)64-57-46(31-47-42-18-14-15-19-54(42)68-59(47)58(57)65)43-29-37-16-12-13-17-38(37)30-52(43)66(64)41-23-20-39(21-24-41)60(2,3)4/h12-25,28-35H,26-27H2,1-11H3. The summed E-state index contributed by atoms with van der Waals surface area (Å²) in [4.78, 5) is 5.18. The van der Waals surface area contributed by atoms with Crippen molar-refractivity contribution < 1.29 is 8.83 Å². The largest absolute Gasteiger partial charge is 0.456 e. The van der Waals surface area contributed by atoms with Crippen molar-refractivity contribution in [2.24, 2.45) is 0 Å². The van der Waals surface area contributed by atoms with Crippen LogP contribution in [0.15, 0.2) is 142 Å². The number of benzene rings is 8. The molecule has 0 fully saturated rings. The fraction of sp³-hybridized carbons (Fsp3) is 0.270. The Labute approximate surface area is 400 Å². The Morgan fingerprint density at radius 3 is 1.85 bits per heavy atom. The van der Waals surface area contributed by atoms with E-state index in [1.165, 1.54) is 71.7 Å². The van der Waals surface area contributed by atoms with Crippen molar-refractivity contribution in [1.29, 1.82) is 0 Å². The lowest BCUT2D eigenvalue weighted by molar-refractivity contribution is 0.332. The van der Waals surface area contributed by atoms with Crippen LogP contribution >= 0.6 is 0 Å². The number of fused-ring (bicyclic) bond motifs is 13. The third-order valence-corrected chi connectivity index (χ3v) is 16.3. The van der Waals surface area contributed by atoms with Gasteiger partial charge in [0.25, 0.3) is 0 Å². The molecule has 0 unspecified atom stereocenters. The highest BCUT2D eigenvalue weighted by Crippen LogP contribution is 2.54. The first kappa shape index (κ1) is 41.5. The van der Waals surface area contributed by atoms with Crippen molar-refractivity contribution >= 4 is 101 Å². The molecule has 4 heterocycles. The zero-order valence-electron chi connectivity index (χ0n) is 41.4. The normalized spacial score (nSPS) is 16.2. The van der Waals surface area contributed by atoms with E-state index in [-0.39, 0.29) is 28.5 Å². The molecule has 0 spiro atoms. The van der Waals surface area contributed by atoms with Gasteiger partial charge in [0.05, 0.1) is 5.69 Å². The van der Waals surface area contributed by atoms with Crippen molar-refractivity contribution in [3.8, 4) is 11.1 Å². The molecule has 68 heavy (non-hydrogen) atoms. The van der Waals surface area contributed by atoms with E-state index in [1.807, 2.05) is 0 Å². The molecule has 0 atom stereocenters. The maximum atomic E-state index is 7.21. The molecule has 0 radical (unpaired) electrons. The van der Waals surface area contributed by atoms with Crippen molar-refractivity contribution in [1.82, 2.24) is 0 Å². The molecule has 4 nitrogen and oxygen atoms in total. The second-order valence-electron chi connectivity index (χ2n) is 23.7. The number of hydrogen-bond donors (Lipinski definition) is 0. The zero-order valence-corrected chi connectivity index (χ0v) is 41.4. The molecule has 8 aromatic carbocycles. The smallest absolute Gasteiger partial charge is 0.333 e. The summed E-state index contributed by atoms with van der Waals surface area (Å²) in [6.07, 6.45) is 2.30. The van der Waals surface area contributed by atoms with E-state index < -0.39 is 0 Å². The van der Waals surface area contributed by atoms with Crippen LogP contribution in [0, 0.1) is 6.92 Å². The van der Waals surface area contributed by atoms with Crippen LogP contribution in [0.3, 0.4) is 0 Å². The number of anilines is 5. The van der Waals surface area contributed by atoms with Crippen molar-refractivity contribution in [2.75, 3.05) is 9.71 Å². The molecule has 0 saturated carbocycles. The lowest BCUT2D eigenvalue weighted by Gasteiger charge is -2.46. The summed E-state index contributed by atoms with van der Waals surface area (Å²) in [7, 11) is 0. The Kier molecular flexibility index (Phi) is 8.37. The number of hydrogen-bond acceptors (Lipinski definition) is 4. The van der Waals surface area contributed by atoms with Crippen LogP contribution in [0.25, 0.3) is 65.8 Å². The lowest BCUT2D eigenvalue weighted by atomic mass is 9.43. The second-order valence-corrected chi connectivity index (χ2v) is 23.7. The Bertz CT molecular complexity index is 3790. The number of furan rings is 2. The predicted molar refractivity (Wildman–Crippen MR) is 290 cm³/mol. The minimum atomic E-state index is -0.213. The summed E-state index contributed by atoms with van der Waals surface area (Å²) in [6, 6.07) is 50.9. The SMILES string of the molecule is Cc1cc(C(C)(C)C)ccc1N1c2cc3oc4cc5c(cc4c3cc2B2c3c(cc4c(oc6ccccc64)c31)-c1cc3ccccc3cc1N2c1ccc(C(C)(C)C)cc1)C(C)(C)CCC5(C)C. The van der Waals surface area contributed by atoms with Gasteiger partial charge >= 0.3 is 6.85 Å². The average Bonchev–Trinajstić information content (AvgIpc) is 3.86. The molecule has 3 aliphatic rings. The fourth-order valence-corrected chi connectivity index (χ4v) is 12.2. The van der Waals surface area contributed by atoms with Crippen LogP contribution in [-0.2, 0) is 21.7 Å². The molecule has 0 saturated heterocycles. The van der Waals surface area contributed by atoms with Crippen LogP contribution in [0.5, 0.6) is 0 Å². The zero-order chi connectivity index (χ0) is 47.0. The van der Waals surface area contributed by atoms with Crippen molar-refractivity contribution in [3.63, 3.8) is 0 Å². The average molecular weight is 887 g/mol. The summed E-state index contributed by atoms with van der Waals surface area (Å²) in [5, 5.41) is 7.03. The van der Waals surface area contributed by atoms with Gasteiger partial charge in [0.1, 0.15) is 16.7 Å². The third-order valence-electron chi connectivity index (χ3n) is 16.3. The highest BCUT2D eigenvalue weighted by atomic mass is 16.3. The van der Waals surface area contributed by atoms with Gasteiger partial charge in [-0.15, -0.1) is 0 Å². The molecule has 336 valence electrons. The molecule has 1 aliphatic carbocycles. The lowest BCUT2D eigenvalue weighted by Crippen LogP contribution is -2.61. The highest BCUT2D eigenvalue weighted by Gasteiger charge is 2.48. The van der Waals surface area contributed by atoms with E-state index in [0.717, 1.165) is 74.1 Å². The first-order chi connectivity index (χ1) is 32.4. The molecule has 13 rings (SSSR count). The molecule has 2 aromatic heterocycles. The van der Waals surface area contributed by atoms with E-state index in [9.17, 15) is 0 Å². The summed E-state index contributed by atoms with van der Waals surface area (Å²) in [6.45, 7) is 25.5. The molecular weight excluding hydrogens is 828 g/mol. The second kappa shape index (κ2) is 13.7. The molecule has 0 amide bonds. The van der Waals surface area contributed by atoms with E-state index in [1.54, 1.807) is 0 Å². The van der Waals surface area contributed by atoms with Crippen LogP contribution < -0.4 is 20.6 Å². The maximum absolute atomic E-state index is 7.21. The van der Waals surface area contributed by atoms with Gasteiger partial charge in [-0.05, 0) is 151 Å². The van der Waals surface area contributed by atoms with Gasteiger partial charge in [0.2, 0.25) is 0 Å². The molecule has 10 aromatic rings. The summed E-state index contributed by atoms with van der Waals surface area (Å²) < 4.78 is 14.4. The minimum Gasteiger partial charge on any atom is -0.456 e. The summed E-state index contributed by atoms with van der Waals surface area (Å²) in [5.41, 5.74) is 21.1. The quantitative estimate of drug-likeness (QED) is 0.162. The van der Waals surface area contributed by atoms with Crippen LogP contribution in [0.2, 0.25) is 0 Å². The number of para-hydroxylation sites is 1. The Hall–Kier alpha value is -6.72. The van der Waals surface area contributed by atoms with Gasteiger partial charge in [-0.1, -0.05) is 142 Å². The van der Waals surface area contributed by atoms with Crippen LogP contribution in [0.4, 0.5) is 28.4 Å². The molecule has 0 N–H and O–H groups in total. The number of rotatable bonds is 2. The third kappa shape index (κ3) is 5.87. The summed E-state index contributed by atoms with van der Waals surface area (Å²) in [5.74, 6) is 0. The molecule has 0 bridgehead atoms. The number of aryl methyl sites for hydroxylation is 1. The first-order valence-corrected chi connectivity index (χ1v) is 24.7. The topological polar surface area (TPSA) is 32.8 Å². The van der Waals surface area contributed by atoms with Gasteiger partial charge in [-0.3, -0.25) is 0 Å². The van der Waals surface area contributed by atoms with Crippen molar-refractivity contribution in [2.45, 2.75) is 111 Å². The minimum absolute atomic E-state index is 0.00956. The monoisotopic (exact) mass is 886 g/mol. The highest BCUT2D eigenvalue weighted by molar-refractivity contribution is 6.94. The van der Waals surface area contributed by atoms with E-state index >= 15 is 0 Å². The number of nitrogens with zero attached hydrogens (tertiary/aromatic N) is 2. The first-order valence-electron chi connectivity index (χ1n) is 24.7. The fourth-order valence-electron chi connectivity index (χ4n) is 12.2. The Balaban J connectivity index is 1.20. The molecule has 5 heteroatoms. The maximum Gasteiger partial charge on any atom is 0.333 e. The van der Waals surface area contributed by atoms with Crippen molar-refractivity contribution in [3.05, 3.63) is 161 Å². The van der Waals surface area contributed by atoms with Gasteiger partial charge in [-0.2, -0.15) is 0 Å². The van der Waals surface area contributed by atoms with Gasteiger partial charge in [0.15, 0.2) is 5.58 Å².